The summed E-state index contributed by atoms with van der Waals surface area (Å²) in [5.41, 5.74) is 5.09. The molecule has 9 nitrogen and oxygen atoms in total. The van der Waals surface area contributed by atoms with E-state index in [2.05, 4.69) is 15.3 Å². The number of aromatic nitrogens is 2. The van der Waals surface area contributed by atoms with Gasteiger partial charge in [-0.1, -0.05) is 12.1 Å². The number of amides is 1. The first-order chi connectivity index (χ1) is 17.0. The molecule has 1 saturated heterocycles. The van der Waals surface area contributed by atoms with Gasteiger partial charge in [-0.25, -0.2) is 9.97 Å². The van der Waals surface area contributed by atoms with Gasteiger partial charge in [0, 0.05) is 32.1 Å². The number of nitrogens with two attached hydrogens (primary N) is 1. The maximum Gasteiger partial charge on any atom is 0.416 e. The molecular formula is C23H30F4N6O3. The van der Waals surface area contributed by atoms with E-state index in [9.17, 15) is 28.2 Å². The number of β-amino-alcohol motifs (C(OH)–C–C–N with tert-alkyl or cyclic N) is 1. The van der Waals surface area contributed by atoms with Gasteiger partial charge in [-0.3, -0.25) is 9.69 Å². The zero-order valence-corrected chi connectivity index (χ0v) is 19.7. The van der Waals surface area contributed by atoms with Gasteiger partial charge in [0.05, 0.1) is 18.3 Å². The number of aliphatic hydroxyl groups excluding tert-OH is 2. The summed E-state index contributed by atoms with van der Waals surface area (Å²) < 4.78 is 53.7. The Morgan fingerprint density at radius 1 is 1.31 bits per heavy atom. The molecule has 3 atom stereocenters. The fraction of sp³-hybridized carbons (Fsp3) is 0.522. The highest BCUT2D eigenvalue weighted by Gasteiger charge is 2.33. The van der Waals surface area contributed by atoms with E-state index < -0.39 is 42.2 Å². The molecule has 0 saturated carbocycles. The Morgan fingerprint density at radius 3 is 2.56 bits per heavy atom. The summed E-state index contributed by atoms with van der Waals surface area (Å²) >= 11 is 0. The molecule has 1 aromatic heterocycles. The van der Waals surface area contributed by atoms with Crippen molar-refractivity contribution in [2.75, 3.05) is 43.0 Å². The molecule has 5 N–H and O–H groups in total. The molecule has 1 aliphatic heterocycles. The third kappa shape index (κ3) is 6.59. The predicted octanol–water partition coefficient (Wildman–Crippen LogP) is 1.60. The summed E-state index contributed by atoms with van der Waals surface area (Å²) in [6, 6.07) is 3.78. The Hall–Kier alpha value is -3.03. The molecule has 0 unspecified atom stereocenters. The highest BCUT2D eigenvalue weighted by Crippen LogP contribution is 2.30. The molecule has 1 amide bonds. The number of hydrogen-bond donors (Lipinski definition) is 4. The van der Waals surface area contributed by atoms with Gasteiger partial charge in [0.25, 0.3) is 0 Å². The maximum atomic E-state index is 15.3. The van der Waals surface area contributed by atoms with Crippen molar-refractivity contribution >= 4 is 17.5 Å². The second-order valence-corrected chi connectivity index (χ2v) is 8.66. The molecule has 13 heteroatoms. The van der Waals surface area contributed by atoms with Gasteiger partial charge in [0.2, 0.25) is 11.7 Å². The standard InChI is InChI=1S/C23H30F4N6O3/c1-2-32(10-14-3-5-16(6-4-14)23(25,26)27)22-19(24)21(30-13-31-22)29-9-15-7-8-33(11-18(15)35)17(12-34)20(28)36/h3-6,13,15,17-18,34-35H,2,7-12H2,1H3,(H2,28,36)(H,29,30,31)/t15-,17+,18+/m0/s1. The van der Waals surface area contributed by atoms with Gasteiger partial charge in [-0.2, -0.15) is 17.6 Å². The van der Waals surface area contributed by atoms with Crippen LogP contribution in [-0.4, -0.2) is 75.9 Å². The largest absolute Gasteiger partial charge is 0.416 e. The molecule has 0 radical (unpaired) electrons. The molecule has 0 bridgehead atoms. The second-order valence-electron chi connectivity index (χ2n) is 8.66. The Bertz CT molecular complexity index is 1020. The average Bonchev–Trinajstić information content (AvgIpc) is 2.83. The smallest absolute Gasteiger partial charge is 0.394 e. The Morgan fingerprint density at radius 2 is 2.00 bits per heavy atom. The number of carbonyl (C=O) groups excluding carboxylic acids is 1. The van der Waals surface area contributed by atoms with Crippen LogP contribution in [-0.2, 0) is 17.5 Å². The first-order valence-electron chi connectivity index (χ1n) is 11.5. The Balaban J connectivity index is 1.64. The van der Waals surface area contributed by atoms with Crippen molar-refractivity contribution in [1.82, 2.24) is 14.9 Å². The number of anilines is 2. The van der Waals surface area contributed by atoms with E-state index in [0.717, 1.165) is 12.1 Å². The van der Waals surface area contributed by atoms with Gasteiger partial charge < -0.3 is 26.2 Å². The number of piperidine rings is 1. The van der Waals surface area contributed by atoms with Crippen LogP contribution < -0.4 is 16.0 Å². The molecule has 0 spiro atoms. The average molecular weight is 515 g/mol. The van der Waals surface area contributed by atoms with E-state index in [1.54, 1.807) is 16.7 Å². The molecule has 1 aliphatic rings. The number of hydrogen-bond acceptors (Lipinski definition) is 8. The van der Waals surface area contributed by atoms with Crippen LogP contribution in [0.2, 0.25) is 0 Å². The predicted molar refractivity (Wildman–Crippen MR) is 124 cm³/mol. The monoisotopic (exact) mass is 514 g/mol. The summed E-state index contributed by atoms with van der Waals surface area (Å²) in [7, 11) is 0. The highest BCUT2D eigenvalue weighted by atomic mass is 19.4. The first kappa shape index (κ1) is 27.6. The normalized spacial score (nSPS) is 19.6. The van der Waals surface area contributed by atoms with Crippen molar-refractivity contribution in [1.29, 1.82) is 0 Å². The minimum atomic E-state index is -4.44. The van der Waals surface area contributed by atoms with Crippen LogP contribution in [0.15, 0.2) is 30.6 Å². The molecule has 198 valence electrons. The summed E-state index contributed by atoms with van der Waals surface area (Å²) in [4.78, 5) is 22.6. The van der Waals surface area contributed by atoms with Gasteiger partial charge in [0.15, 0.2) is 11.6 Å². The third-order valence-electron chi connectivity index (χ3n) is 6.33. The molecule has 2 aromatic rings. The lowest BCUT2D eigenvalue weighted by molar-refractivity contribution is -0.137. The van der Waals surface area contributed by atoms with E-state index in [-0.39, 0.29) is 37.2 Å². The van der Waals surface area contributed by atoms with Crippen LogP contribution in [0.25, 0.3) is 0 Å². The van der Waals surface area contributed by atoms with Crippen molar-refractivity contribution in [3.8, 4) is 0 Å². The van der Waals surface area contributed by atoms with Crippen molar-refractivity contribution in [3.05, 3.63) is 47.5 Å². The molecule has 2 heterocycles. The lowest BCUT2D eigenvalue weighted by atomic mass is 9.92. The molecule has 1 aromatic carbocycles. The van der Waals surface area contributed by atoms with Crippen LogP contribution in [0.1, 0.15) is 24.5 Å². The van der Waals surface area contributed by atoms with Crippen molar-refractivity contribution in [3.63, 3.8) is 0 Å². The highest BCUT2D eigenvalue weighted by molar-refractivity contribution is 5.80. The zero-order valence-electron chi connectivity index (χ0n) is 19.7. The number of alkyl halides is 3. The Labute approximate surface area is 205 Å². The van der Waals surface area contributed by atoms with Gasteiger partial charge in [0.1, 0.15) is 12.4 Å². The lowest BCUT2D eigenvalue weighted by Gasteiger charge is -2.38. The quantitative estimate of drug-likeness (QED) is 0.352. The van der Waals surface area contributed by atoms with Crippen LogP contribution in [0.5, 0.6) is 0 Å². The summed E-state index contributed by atoms with van der Waals surface area (Å²) in [6.45, 7) is 2.58. The van der Waals surface area contributed by atoms with E-state index in [1.165, 1.54) is 18.5 Å². The van der Waals surface area contributed by atoms with Gasteiger partial charge >= 0.3 is 6.18 Å². The first-order valence-corrected chi connectivity index (χ1v) is 11.5. The van der Waals surface area contributed by atoms with Crippen LogP contribution in [0, 0.1) is 11.7 Å². The number of likely N-dealkylation sites (tertiary alicyclic amines) is 1. The second kappa shape index (κ2) is 11.8. The summed E-state index contributed by atoms with van der Waals surface area (Å²) in [6.07, 6.45) is -3.61. The van der Waals surface area contributed by atoms with E-state index in [4.69, 9.17) is 5.73 Å². The minimum Gasteiger partial charge on any atom is -0.394 e. The van der Waals surface area contributed by atoms with Gasteiger partial charge in [-0.15, -0.1) is 0 Å². The topological polar surface area (TPSA) is 128 Å². The van der Waals surface area contributed by atoms with E-state index >= 15 is 4.39 Å². The van der Waals surface area contributed by atoms with Crippen LogP contribution in [0.4, 0.5) is 29.2 Å². The number of aliphatic hydroxyl groups is 2. The molecule has 0 aliphatic carbocycles. The van der Waals surface area contributed by atoms with Crippen molar-refractivity contribution in [2.45, 2.75) is 38.2 Å². The fourth-order valence-electron chi connectivity index (χ4n) is 4.20. The summed E-state index contributed by atoms with van der Waals surface area (Å²) in [5.74, 6) is -1.72. The van der Waals surface area contributed by atoms with Crippen molar-refractivity contribution in [2.24, 2.45) is 11.7 Å². The number of halogens is 4. The minimum absolute atomic E-state index is 0.00230. The molecule has 36 heavy (non-hydrogen) atoms. The SMILES string of the molecule is CCN(Cc1ccc(C(F)(F)F)cc1)c1ncnc(NC[C@@H]2CCN([C@H](CO)C(N)=O)C[C@H]2O)c1F. The number of carbonyl (C=O) groups is 1. The molecule has 3 rings (SSSR count). The number of primary amides is 1. The Kier molecular flexibility index (Phi) is 9.03. The van der Waals surface area contributed by atoms with Crippen LogP contribution >= 0.6 is 0 Å². The number of benzene rings is 1. The fourth-order valence-corrected chi connectivity index (χ4v) is 4.20. The molecule has 1 fully saturated rings. The maximum absolute atomic E-state index is 15.3. The number of nitrogens with zero attached hydrogens (tertiary/aromatic N) is 4. The summed E-state index contributed by atoms with van der Waals surface area (Å²) in [5, 5.41) is 22.8. The van der Waals surface area contributed by atoms with E-state index in [1.807, 2.05) is 0 Å². The molecular weight excluding hydrogens is 484 g/mol. The lowest BCUT2D eigenvalue weighted by Crippen LogP contribution is -2.55. The van der Waals surface area contributed by atoms with Crippen LogP contribution in [0.3, 0.4) is 0 Å². The number of rotatable bonds is 10. The zero-order chi connectivity index (χ0) is 26.5. The third-order valence-corrected chi connectivity index (χ3v) is 6.33. The number of nitrogens with one attached hydrogen (secondary N) is 1. The van der Waals surface area contributed by atoms with Gasteiger partial charge in [-0.05, 0) is 37.6 Å². The van der Waals surface area contributed by atoms with Crippen molar-refractivity contribution < 1.29 is 32.6 Å². The van der Waals surface area contributed by atoms with E-state index in [0.29, 0.717) is 25.1 Å².